The molecular weight excluding hydrogens is 368 g/mol. The molecule has 0 aliphatic carbocycles. The molecule has 3 rings (SSSR count). The summed E-state index contributed by atoms with van der Waals surface area (Å²) in [6.45, 7) is 0. The third kappa shape index (κ3) is 4.86. The SMILES string of the molecule is O=C(CCc1nc(-c2cccs2)no1)Nc1ccccc1SC(F)F. The van der Waals surface area contributed by atoms with E-state index >= 15 is 0 Å². The van der Waals surface area contributed by atoms with Gasteiger partial charge >= 0.3 is 0 Å². The zero-order valence-electron chi connectivity index (χ0n) is 12.8. The van der Waals surface area contributed by atoms with Crippen molar-refractivity contribution in [3.63, 3.8) is 0 Å². The number of benzene rings is 1. The van der Waals surface area contributed by atoms with Crippen LogP contribution in [0.5, 0.6) is 0 Å². The Balaban J connectivity index is 1.57. The van der Waals surface area contributed by atoms with Crippen LogP contribution in [0.1, 0.15) is 12.3 Å². The van der Waals surface area contributed by atoms with Crippen molar-refractivity contribution in [2.45, 2.75) is 23.5 Å². The zero-order valence-corrected chi connectivity index (χ0v) is 14.4. The Hall–Kier alpha value is -2.26. The van der Waals surface area contributed by atoms with Gasteiger partial charge in [0.25, 0.3) is 5.76 Å². The van der Waals surface area contributed by atoms with Gasteiger partial charge in [0.2, 0.25) is 17.6 Å². The van der Waals surface area contributed by atoms with Gasteiger partial charge in [0.15, 0.2) is 0 Å². The van der Waals surface area contributed by atoms with E-state index in [-0.39, 0.29) is 18.7 Å². The quantitative estimate of drug-likeness (QED) is 0.602. The summed E-state index contributed by atoms with van der Waals surface area (Å²) in [5.41, 5.74) is 0.364. The number of para-hydroxylation sites is 1. The van der Waals surface area contributed by atoms with Crippen molar-refractivity contribution < 1.29 is 18.1 Å². The minimum Gasteiger partial charge on any atom is -0.339 e. The lowest BCUT2D eigenvalue weighted by Crippen LogP contribution is -2.13. The Morgan fingerprint density at radius 2 is 2.12 bits per heavy atom. The summed E-state index contributed by atoms with van der Waals surface area (Å²) in [6, 6.07) is 10.2. The fourth-order valence-electron chi connectivity index (χ4n) is 2.06. The van der Waals surface area contributed by atoms with Crippen molar-refractivity contribution in [3.05, 3.63) is 47.7 Å². The first-order valence-electron chi connectivity index (χ1n) is 7.32. The van der Waals surface area contributed by atoms with E-state index in [2.05, 4.69) is 15.5 Å². The Morgan fingerprint density at radius 1 is 1.28 bits per heavy atom. The molecule has 1 aromatic carbocycles. The molecule has 2 heterocycles. The van der Waals surface area contributed by atoms with E-state index in [1.54, 1.807) is 18.2 Å². The van der Waals surface area contributed by atoms with Crippen LogP contribution in [0.3, 0.4) is 0 Å². The minimum atomic E-state index is -2.55. The lowest BCUT2D eigenvalue weighted by Gasteiger charge is -2.09. The highest BCUT2D eigenvalue weighted by molar-refractivity contribution is 7.99. The van der Waals surface area contributed by atoms with E-state index in [0.29, 0.717) is 34.1 Å². The summed E-state index contributed by atoms with van der Waals surface area (Å²) in [4.78, 5) is 17.5. The van der Waals surface area contributed by atoms with E-state index in [9.17, 15) is 13.6 Å². The highest BCUT2D eigenvalue weighted by atomic mass is 32.2. The topological polar surface area (TPSA) is 68.0 Å². The number of carbonyl (C=O) groups excluding carboxylic acids is 1. The number of carbonyl (C=O) groups is 1. The lowest BCUT2D eigenvalue weighted by molar-refractivity contribution is -0.116. The molecule has 0 aliphatic heterocycles. The first-order chi connectivity index (χ1) is 12.1. The molecular formula is C16H13F2N3O2S2. The van der Waals surface area contributed by atoms with Gasteiger partial charge in [-0.1, -0.05) is 35.1 Å². The number of amides is 1. The monoisotopic (exact) mass is 381 g/mol. The molecule has 0 fully saturated rings. The van der Waals surface area contributed by atoms with Gasteiger partial charge in [-0.15, -0.1) is 11.3 Å². The highest BCUT2D eigenvalue weighted by Gasteiger charge is 2.14. The fourth-order valence-corrected chi connectivity index (χ4v) is 3.31. The van der Waals surface area contributed by atoms with Gasteiger partial charge < -0.3 is 9.84 Å². The van der Waals surface area contributed by atoms with Crippen molar-refractivity contribution in [1.29, 1.82) is 0 Å². The van der Waals surface area contributed by atoms with Crippen LogP contribution in [0, 0.1) is 0 Å². The molecule has 25 heavy (non-hydrogen) atoms. The molecule has 0 atom stereocenters. The molecule has 1 N–H and O–H groups in total. The van der Waals surface area contributed by atoms with Gasteiger partial charge in [0, 0.05) is 17.7 Å². The molecule has 9 heteroatoms. The molecule has 3 aromatic rings. The number of halogens is 2. The van der Waals surface area contributed by atoms with Crippen LogP contribution in [0.2, 0.25) is 0 Å². The first-order valence-corrected chi connectivity index (χ1v) is 9.08. The molecule has 0 unspecified atom stereocenters. The average molecular weight is 381 g/mol. The second-order valence-corrected chi connectivity index (χ2v) is 6.89. The number of nitrogens with zero attached hydrogens (tertiary/aromatic N) is 2. The van der Waals surface area contributed by atoms with Crippen LogP contribution >= 0.6 is 23.1 Å². The number of alkyl halides is 2. The average Bonchev–Trinajstić information content (AvgIpc) is 3.25. The van der Waals surface area contributed by atoms with Gasteiger partial charge in [-0.3, -0.25) is 4.79 Å². The maximum absolute atomic E-state index is 12.5. The largest absolute Gasteiger partial charge is 0.339 e. The van der Waals surface area contributed by atoms with Crippen molar-refractivity contribution in [2.24, 2.45) is 0 Å². The van der Waals surface area contributed by atoms with Crippen LogP contribution in [0.15, 0.2) is 51.2 Å². The number of hydrogen-bond donors (Lipinski definition) is 1. The second kappa shape index (κ2) is 8.21. The molecule has 0 saturated heterocycles. The molecule has 0 spiro atoms. The number of hydrogen-bond acceptors (Lipinski definition) is 6. The van der Waals surface area contributed by atoms with Crippen molar-refractivity contribution in [3.8, 4) is 10.7 Å². The van der Waals surface area contributed by atoms with Crippen molar-refractivity contribution in [1.82, 2.24) is 10.1 Å². The zero-order chi connectivity index (χ0) is 17.6. The second-order valence-electron chi connectivity index (χ2n) is 4.91. The van der Waals surface area contributed by atoms with Crippen molar-refractivity contribution in [2.75, 3.05) is 5.32 Å². The number of rotatable bonds is 7. The Kier molecular flexibility index (Phi) is 5.77. The third-order valence-electron chi connectivity index (χ3n) is 3.15. The summed E-state index contributed by atoms with van der Waals surface area (Å²) in [6.07, 6.45) is 0.383. The van der Waals surface area contributed by atoms with Gasteiger partial charge in [-0.2, -0.15) is 13.8 Å². The van der Waals surface area contributed by atoms with E-state index in [4.69, 9.17) is 4.52 Å². The minimum absolute atomic E-state index is 0.111. The third-order valence-corrected chi connectivity index (χ3v) is 4.81. The predicted octanol–water partition coefficient (Wildman–Crippen LogP) is 4.68. The first kappa shape index (κ1) is 17.6. The lowest BCUT2D eigenvalue weighted by atomic mass is 10.2. The molecule has 1 amide bonds. The molecule has 130 valence electrons. The number of aromatic nitrogens is 2. The molecule has 0 radical (unpaired) electrons. The van der Waals surface area contributed by atoms with Crippen LogP contribution in [0.25, 0.3) is 10.7 Å². The number of thiophene rings is 1. The number of aryl methyl sites for hydroxylation is 1. The summed E-state index contributed by atoms with van der Waals surface area (Å²) in [5, 5.41) is 8.42. The Labute approximate surface area is 150 Å². The molecule has 5 nitrogen and oxygen atoms in total. The Morgan fingerprint density at radius 3 is 2.88 bits per heavy atom. The van der Waals surface area contributed by atoms with Crippen LogP contribution in [-0.2, 0) is 11.2 Å². The molecule has 0 aliphatic rings. The maximum atomic E-state index is 12.5. The van der Waals surface area contributed by atoms with Gasteiger partial charge in [0.05, 0.1) is 10.6 Å². The van der Waals surface area contributed by atoms with E-state index in [1.807, 2.05) is 17.5 Å². The maximum Gasteiger partial charge on any atom is 0.288 e. The predicted molar refractivity (Wildman–Crippen MR) is 92.9 cm³/mol. The molecule has 0 bridgehead atoms. The van der Waals surface area contributed by atoms with Crippen molar-refractivity contribution >= 4 is 34.7 Å². The van der Waals surface area contributed by atoms with Gasteiger partial charge in [0.1, 0.15) is 0 Å². The Bertz CT molecular complexity index is 838. The van der Waals surface area contributed by atoms with E-state index in [1.165, 1.54) is 17.4 Å². The molecule has 2 aromatic heterocycles. The summed E-state index contributed by atoms with van der Waals surface area (Å²) in [5.74, 6) is -2.01. The van der Waals surface area contributed by atoms with E-state index in [0.717, 1.165) is 4.88 Å². The van der Waals surface area contributed by atoms with E-state index < -0.39 is 5.76 Å². The number of anilines is 1. The van der Waals surface area contributed by atoms with Gasteiger partial charge in [-0.05, 0) is 23.6 Å². The van der Waals surface area contributed by atoms with Gasteiger partial charge in [-0.25, -0.2) is 0 Å². The number of nitrogens with one attached hydrogen (secondary N) is 1. The summed E-state index contributed by atoms with van der Waals surface area (Å²) in [7, 11) is 0. The standard InChI is InChI=1S/C16H13F2N3O2S2/c17-16(18)25-11-5-2-1-4-10(11)19-13(22)7-8-14-20-15(21-23-14)12-6-3-9-24-12/h1-6,9,16H,7-8H2,(H,19,22). The smallest absolute Gasteiger partial charge is 0.288 e. The fraction of sp³-hybridized carbons (Fsp3) is 0.188. The number of thioether (sulfide) groups is 1. The summed E-state index contributed by atoms with van der Waals surface area (Å²) < 4.78 is 30.2. The van der Waals surface area contributed by atoms with Crippen LogP contribution in [0.4, 0.5) is 14.5 Å². The normalized spacial score (nSPS) is 11.0. The van der Waals surface area contributed by atoms with Crippen LogP contribution < -0.4 is 5.32 Å². The summed E-state index contributed by atoms with van der Waals surface area (Å²) >= 11 is 1.89. The molecule has 0 saturated carbocycles. The van der Waals surface area contributed by atoms with Crippen LogP contribution in [-0.4, -0.2) is 21.8 Å². The highest BCUT2D eigenvalue weighted by Crippen LogP contribution is 2.31.